The predicted molar refractivity (Wildman–Crippen MR) is 102 cm³/mol. The van der Waals surface area contributed by atoms with Gasteiger partial charge in [0.05, 0.1) is 6.26 Å². The van der Waals surface area contributed by atoms with Gasteiger partial charge in [-0.05, 0) is 36.8 Å². The van der Waals surface area contributed by atoms with Gasteiger partial charge in [0.15, 0.2) is 10.9 Å². The van der Waals surface area contributed by atoms with Crippen LogP contribution in [0.2, 0.25) is 0 Å². The van der Waals surface area contributed by atoms with Crippen LogP contribution in [0.1, 0.15) is 27.9 Å². The molecule has 2 aromatic heterocycles. The summed E-state index contributed by atoms with van der Waals surface area (Å²) in [6.45, 7) is 1.52. The molecule has 158 valence electrons. The average Bonchev–Trinajstić information content (AvgIpc) is 3.34. The highest BCUT2D eigenvalue weighted by atomic mass is 32.1. The van der Waals surface area contributed by atoms with Crippen molar-refractivity contribution in [1.29, 1.82) is 0 Å². The number of hydrogen-bond donors (Lipinski definition) is 2. The van der Waals surface area contributed by atoms with E-state index in [2.05, 4.69) is 20.4 Å². The van der Waals surface area contributed by atoms with Crippen LogP contribution >= 0.6 is 11.3 Å². The average molecular weight is 439 g/mol. The number of anilines is 1. The maximum absolute atomic E-state index is 12.2. The minimum atomic E-state index is -4.74. The van der Waals surface area contributed by atoms with Crippen molar-refractivity contribution in [2.45, 2.75) is 25.7 Å². The molecule has 3 aromatic rings. The van der Waals surface area contributed by atoms with Crippen LogP contribution in [0.15, 0.2) is 53.3 Å². The lowest BCUT2D eigenvalue weighted by atomic mass is 10.1. The summed E-state index contributed by atoms with van der Waals surface area (Å²) in [6, 6.07) is 7.72. The standard InChI is InChI=1S/C19H16F3N3O4S/c1-11(24-17(27)15-3-2-8-28-15)16(26)25-18-23-10-14(30-18)9-12-4-6-13(7-5-12)29-19(20,21)22/h2-8,10-11H,9H2,1H3,(H,24,27)(H,23,25,26). The van der Waals surface area contributed by atoms with E-state index in [0.29, 0.717) is 11.6 Å². The molecule has 1 atom stereocenters. The molecular formula is C19H16F3N3O4S. The molecule has 0 bridgehead atoms. The minimum Gasteiger partial charge on any atom is -0.459 e. The molecule has 2 amide bonds. The molecule has 0 aliphatic rings. The Morgan fingerprint density at radius 2 is 1.97 bits per heavy atom. The number of carbonyl (C=O) groups excluding carboxylic acids is 2. The van der Waals surface area contributed by atoms with Gasteiger partial charge in [-0.15, -0.1) is 24.5 Å². The summed E-state index contributed by atoms with van der Waals surface area (Å²) in [6.07, 6.45) is -1.40. The topological polar surface area (TPSA) is 93.5 Å². The second kappa shape index (κ2) is 8.99. The van der Waals surface area contributed by atoms with E-state index in [1.807, 2.05) is 0 Å². The second-order valence-corrected chi connectivity index (χ2v) is 7.28. The number of furan rings is 1. The van der Waals surface area contributed by atoms with Gasteiger partial charge < -0.3 is 19.8 Å². The summed E-state index contributed by atoms with van der Waals surface area (Å²) in [5, 5.41) is 5.46. The molecule has 2 N–H and O–H groups in total. The lowest BCUT2D eigenvalue weighted by Gasteiger charge is -2.11. The van der Waals surface area contributed by atoms with E-state index in [-0.39, 0.29) is 11.5 Å². The Balaban J connectivity index is 1.53. The zero-order valence-corrected chi connectivity index (χ0v) is 16.3. The summed E-state index contributed by atoms with van der Waals surface area (Å²) >= 11 is 1.22. The number of ether oxygens (including phenoxy) is 1. The normalized spacial score (nSPS) is 12.3. The Morgan fingerprint density at radius 3 is 2.60 bits per heavy atom. The fourth-order valence-corrected chi connectivity index (χ4v) is 3.26. The molecule has 2 heterocycles. The van der Waals surface area contributed by atoms with Crippen molar-refractivity contribution in [1.82, 2.24) is 10.3 Å². The largest absolute Gasteiger partial charge is 0.573 e. The van der Waals surface area contributed by atoms with Crippen molar-refractivity contribution in [3.8, 4) is 5.75 Å². The Morgan fingerprint density at radius 1 is 1.23 bits per heavy atom. The molecule has 0 aliphatic heterocycles. The molecular weight excluding hydrogens is 423 g/mol. The van der Waals surface area contributed by atoms with Gasteiger partial charge in [-0.3, -0.25) is 9.59 Å². The number of alkyl halides is 3. The van der Waals surface area contributed by atoms with E-state index in [0.717, 1.165) is 10.4 Å². The van der Waals surface area contributed by atoms with Crippen molar-refractivity contribution in [2.75, 3.05) is 5.32 Å². The number of aromatic nitrogens is 1. The van der Waals surface area contributed by atoms with Crippen LogP contribution in [0.25, 0.3) is 0 Å². The SMILES string of the molecule is CC(NC(=O)c1ccco1)C(=O)Nc1ncc(Cc2ccc(OC(F)(F)F)cc2)s1. The fourth-order valence-electron chi connectivity index (χ4n) is 2.41. The van der Waals surface area contributed by atoms with Crippen molar-refractivity contribution >= 4 is 28.3 Å². The van der Waals surface area contributed by atoms with Crippen LogP contribution in [0, 0.1) is 0 Å². The van der Waals surface area contributed by atoms with Crippen molar-refractivity contribution in [3.63, 3.8) is 0 Å². The van der Waals surface area contributed by atoms with Gasteiger partial charge in [0.25, 0.3) is 5.91 Å². The fraction of sp³-hybridized carbons (Fsp3) is 0.211. The number of hydrogen-bond acceptors (Lipinski definition) is 6. The smallest absolute Gasteiger partial charge is 0.459 e. The van der Waals surface area contributed by atoms with Gasteiger partial charge >= 0.3 is 6.36 Å². The molecule has 0 aliphatic carbocycles. The van der Waals surface area contributed by atoms with E-state index in [1.54, 1.807) is 12.3 Å². The second-order valence-electron chi connectivity index (χ2n) is 6.16. The van der Waals surface area contributed by atoms with E-state index in [4.69, 9.17) is 4.42 Å². The molecule has 30 heavy (non-hydrogen) atoms. The summed E-state index contributed by atoms with van der Waals surface area (Å²) in [5.41, 5.74) is 0.755. The Labute approximate surface area is 172 Å². The summed E-state index contributed by atoms with van der Waals surface area (Å²) in [4.78, 5) is 29.1. The first kappa shape index (κ1) is 21.4. The first-order chi connectivity index (χ1) is 14.2. The highest BCUT2D eigenvalue weighted by Crippen LogP contribution is 2.25. The first-order valence-corrected chi connectivity index (χ1v) is 9.46. The van der Waals surface area contributed by atoms with Crippen LogP contribution in [0.5, 0.6) is 5.75 Å². The monoisotopic (exact) mass is 439 g/mol. The third-order valence-corrected chi connectivity index (χ3v) is 4.72. The maximum atomic E-state index is 12.2. The Kier molecular flexibility index (Phi) is 6.40. The quantitative estimate of drug-likeness (QED) is 0.581. The minimum absolute atomic E-state index is 0.0952. The third kappa shape index (κ3) is 6.08. The highest BCUT2D eigenvalue weighted by Gasteiger charge is 2.31. The lowest BCUT2D eigenvalue weighted by Crippen LogP contribution is -2.41. The van der Waals surface area contributed by atoms with Gasteiger partial charge in [0.2, 0.25) is 5.91 Å². The van der Waals surface area contributed by atoms with Gasteiger partial charge in [0, 0.05) is 17.5 Å². The molecule has 7 nitrogen and oxygen atoms in total. The van der Waals surface area contributed by atoms with E-state index in [1.165, 1.54) is 54.9 Å². The van der Waals surface area contributed by atoms with E-state index >= 15 is 0 Å². The van der Waals surface area contributed by atoms with Crippen LogP contribution < -0.4 is 15.4 Å². The number of amides is 2. The molecule has 11 heteroatoms. The number of nitrogens with zero attached hydrogens (tertiary/aromatic N) is 1. The van der Waals surface area contributed by atoms with Crippen molar-refractivity contribution in [3.05, 3.63) is 65.1 Å². The van der Waals surface area contributed by atoms with Crippen LogP contribution in [0.4, 0.5) is 18.3 Å². The number of nitrogens with one attached hydrogen (secondary N) is 2. The number of thiazole rings is 1. The number of rotatable bonds is 7. The first-order valence-electron chi connectivity index (χ1n) is 8.64. The summed E-state index contributed by atoms with van der Waals surface area (Å²) in [5.74, 6) is -1.17. The lowest BCUT2D eigenvalue weighted by molar-refractivity contribution is -0.274. The van der Waals surface area contributed by atoms with Crippen LogP contribution in [0.3, 0.4) is 0 Å². The molecule has 0 radical (unpaired) electrons. The van der Waals surface area contributed by atoms with Gasteiger partial charge in [0.1, 0.15) is 11.8 Å². The van der Waals surface area contributed by atoms with Crippen molar-refractivity contribution in [2.24, 2.45) is 0 Å². The van der Waals surface area contributed by atoms with E-state index < -0.39 is 24.2 Å². The molecule has 1 aromatic carbocycles. The van der Waals surface area contributed by atoms with Crippen molar-refractivity contribution < 1.29 is 31.9 Å². The Hall–Kier alpha value is -3.34. The maximum Gasteiger partial charge on any atom is 0.573 e. The number of carbonyl (C=O) groups is 2. The molecule has 0 saturated carbocycles. The number of halogens is 3. The zero-order chi connectivity index (χ0) is 21.7. The molecule has 0 spiro atoms. The van der Waals surface area contributed by atoms with Crippen LogP contribution in [-0.2, 0) is 11.2 Å². The van der Waals surface area contributed by atoms with Gasteiger partial charge in [-0.25, -0.2) is 4.98 Å². The summed E-state index contributed by atoms with van der Waals surface area (Å²) < 4.78 is 45.4. The molecule has 1 unspecified atom stereocenters. The molecule has 3 rings (SSSR count). The predicted octanol–water partition coefficient (Wildman–Crippen LogP) is 3.98. The molecule has 0 fully saturated rings. The van der Waals surface area contributed by atoms with Crippen LogP contribution in [-0.4, -0.2) is 29.2 Å². The third-order valence-electron chi connectivity index (χ3n) is 3.80. The highest BCUT2D eigenvalue weighted by molar-refractivity contribution is 7.15. The van der Waals surface area contributed by atoms with Gasteiger partial charge in [-0.1, -0.05) is 12.1 Å². The Bertz CT molecular complexity index is 1000. The summed E-state index contributed by atoms with van der Waals surface area (Å²) in [7, 11) is 0. The molecule has 0 saturated heterocycles. The number of benzene rings is 1. The van der Waals surface area contributed by atoms with Gasteiger partial charge in [-0.2, -0.15) is 0 Å². The zero-order valence-electron chi connectivity index (χ0n) is 15.5. The van der Waals surface area contributed by atoms with E-state index in [9.17, 15) is 22.8 Å².